The number of rotatable bonds is 0. The Labute approximate surface area is 84.7 Å². The predicted octanol–water partition coefficient (Wildman–Crippen LogP) is 1.55. The van der Waals surface area contributed by atoms with E-state index < -0.39 is 0 Å². The maximum Gasteiger partial charge on any atom is 0.219 e. The minimum atomic E-state index is 0.191. The Morgan fingerprint density at radius 1 is 1.43 bits per heavy atom. The summed E-state index contributed by atoms with van der Waals surface area (Å²) in [5.74, 6) is 0.481. The van der Waals surface area contributed by atoms with Crippen LogP contribution in [0.4, 0.5) is 0 Å². The first-order valence-electron chi connectivity index (χ1n) is 5.30. The standard InChI is InChI=1S/C11H16N2O/c1-9(14)13-4-2-11(3-5-13)6-10(7-11)8-12/h10H,2-7H2,1H3. The zero-order chi connectivity index (χ0) is 10.2. The summed E-state index contributed by atoms with van der Waals surface area (Å²) in [6, 6.07) is 2.33. The molecule has 76 valence electrons. The highest BCUT2D eigenvalue weighted by Crippen LogP contribution is 2.52. The summed E-state index contributed by atoms with van der Waals surface area (Å²) in [5, 5.41) is 8.73. The highest BCUT2D eigenvalue weighted by atomic mass is 16.2. The fourth-order valence-electron chi connectivity index (χ4n) is 2.78. The molecule has 1 saturated carbocycles. The van der Waals surface area contributed by atoms with Crippen LogP contribution in [0, 0.1) is 22.7 Å². The van der Waals surface area contributed by atoms with Crippen molar-refractivity contribution < 1.29 is 4.79 Å². The van der Waals surface area contributed by atoms with Crippen LogP contribution in [0.3, 0.4) is 0 Å². The summed E-state index contributed by atoms with van der Waals surface area (Å²) >= 11 is 0. The average Bonchev–Trinajstić information content (AvgIpc) is 2.14. The molecular formula is C11H16N2O. The first kappa shape index (κ1) is 9.51. The Morgan fingerprint density at radius 3 is 2.43 bits per heavy atom. The summed E-state index contributed by atoms with van der Waals surface area (Å²) in [7, 11) is 0. The number of amides is 1. The molecule has 0 N–H and O–H groups in total. The number of likely N-dealkylation sites (tertiary alicyclic amines) is 1. The number of nitrogens with zero attached hydrogens (tertiary/aromatic N) is 2. The number of hydrogen-bond donors (Lipinski definition) is 0. The Hall–Kier alpha value is -1.04. The first-order valence-corrected chi connectivity index (χ1v) is 5.30. The van der Waals surface area contributed by atoms with Gasteiger partial charge in [0.05, 0.1) is 6.07 Å². The second-order valence-electron chi connectivity index (χ2n) is 4.74. The van der Waals surface area contributed by atoms with Crippen LogP contribution in [-0.4, -0.2) is 23.9 Å². The van der Waals surface area contributed by atoms with Crippen molar-refractivity contribution in [3.63, 3.8) is 0 Å². The Balaban J connectivity index is 1.86. The van der Waals surface area contributed by atoms with Gasteiger partial charge in [-0.15, -0.1) is 0 Å². The van der Waals surface area contributed by atoms with Crippen LogP contribution < -0.4 is 0 Å². The molecule has 2 fully saturated rings. The molecule has 0 unspecified atom stereocenters. The smallest absolute Gasteiger partial charge is 0.219 e. The molecule has 0 bridgehead atoms. The summed E-state index contributed by atoms with van der Waals surface area (Å²) in [6.45, 7) is 3.43. The molecule has 3 nitrogen and oxygen atoms in total. The minimum absolute atomic E-state index is 0.191. The molecule has 0 aromatic heterocycles. The second-order valence-corrected chi connectivity index (χ2v) is 4.74. The van der Waals surface area contributed by atoms with Gasteiger partial charge in [-0.25, -0.2) is 0 Å². The van der Waals surface area contributed by atoms with Crippen molar-refractivity contribution in [2.45, 2.75) is 32.6 Å². The van der Waals surface area contributed by atoms with Crippen LogP contribution in [0.15, 0.2) is 0 Å². The molecule has 1 amide bonds. The van der Waals surface area contributed by atoms with Gasteiger partial charge in [-0.05, 0) is 31.1 Å². The van der Waals surface area contributed by atoms with Crippen LogP contribution in [-0.2, 0) is 4.79 Å². The molecule has 1 saturated heterocycles. The maximum atomic E-state index is 11.1. The lowest BCUT2D eigenvalue weighted by molar-refractivity contribution is -0.132. The van der Waals surface area contributed by atoms with Gasteiger partial charge in [0.15, 0.2) is 0 Å². The maximum absolute atomic E-state index is 11.1. The van der Waals surface area contributed by atoms with Crippen molar-refractivity contribution >= 4 is 5.91 Å². The zero-order valence-corrected chi connectivity index (χ0v) is 8.62. The van der Waals surface area contributed by atoms with Crippen LogP contribution in [0.2, 0.25) is 0 Å². The fourth-order valence-corrected chi connectivity index (χ4v) is 2.78. The molecule has 2 aliphatic rings. The van der Waals surface area contributed by atoms with E-state index in [0.29, 0.717) is 11.3 Å². The van der Waals surface area contributed by atoms with Gasteiger partial charge in [0, 0.05) is 25.9 Å². The molecule has 0 aromatic rings. The highest BCUT2D eigenvalue weighted by Gasteiger charge is 2.46. The van der Waals surface area contributed by atoms with Gasteiger partial charge < -0.3 is 4.90 Å². The third kappa shape index (κ3) is 1.50. The topological polar surface area (TPSA) is 44.1 Å². The fraction of sp³-hybridized carbons (Fsp3) is 0.818. The van der Waals surface area contributed by atoms with E-state index in [0.717, 1.165) is 38.8 Å². The highest BCUT2D eigenvalue weighted by molar-refractivity contribution is 5.73. The van der Waals surface area contributed by atoms with Crippen molar-refractivity contribution in [3.8, 4) is 6.07 Å². The molecule has 0 radical (unpaired) electrons. The van der Waals surface area contributed by atoms with E-state index in [2.05, 4.69) is 6.07 Å². The number of nitriles is 1. The lowest BCUT2D eigenvalue weighted by Crippen LogP contribution is -2.47. The van der Waals surface area contributed by atoms with Crippen molar-refractivity contribution in [1.29, 1.82) is 5.26 Å². The molecule has 1 aliphatic heterocycles. The Bertz CT molecular complexity index is 276. The van der Waals surface area contributed by atoms with E-state index in [1.807, 2.05) is 4.90 Å². The van der Waals surface area contributed by atoms with E-state index in [4.69, 9.17) is 5.26 Å². The van der Waals surface area contributed by atoms with Gasteiger partial charge in [0.1, 0.15) is 0 Å². The summed E-state index contributed by atoms with van der Waals surface area (Å²) in [6.07, 6.45) is 4.33. The van der Waals surface area contributed by atoms with Gasteiger partial charge in [0.25, 0.3) is 0 Å². The first-order chi connectivity index (χ1) is 6.65. The molecule has 0 atom stereocenters. The lowest BCUT2D eigenvalue weighted by atomic mass is 9.58. The van der Waals surface area contributed by atoms with Crippen LogP contribution in [0.1, 0.15) is 32.6 Å². The lowest BCUT2D eigenvalue weighted by Gasteiger charge is -2.50. The van der Waals surface area contributed by atoms with E-state index in [-0.39, 0.29) is 5.91 Å². The number of hydrogen-bond acceptors (Lipinski definition) is 2. The van der Waals surface area contributed by atoms with Crippen LogP contribution in [0.25, 0.3) is 0 Å². The summed E-state index contributed by atoms with van der Waals surface area (Å²) < 4.78 is 0. The molecular weight excluding hydrogens is 176 g/mol. The molecule has 1 spiro atoms. The minimum Gasteiger partial charge on any atom is -0.343 e. The van der Waals surface area contributed by atoms with Crippen molar-refractivity contribution in [3.05, 3.63) is 0 Å². The SMILES string of the molecule is CC(=O)N1CCC2(CC1)CC(C#N)C2. The van der Waals surface area contributed by atoms with E-state index >= 15 is 0 Å². The van der Waals surface area contributed by atoms with Crippen LogP contribution >= 0.6 is 0 Å². The average molecular weight is 192 g/mol. The normalized spacial score (nSPS) is 25.6. The molecule has 1 aliphatic carbocycles. The molecule has 0 aromatic carbocycles. The number of carbonyl (C=O) groups excluding carboxylic acids is 1. The monoisotopic (exact) mass is 192 g/mol. The quantitative estimate of drug-likeness (QED) is 0.584. The Morgan fingerprint density at radius 2 is 2.00 bits per heavy atom. The van der Waals surface area contributed by atoms with E-state index in [1.54, 1.807) is 6.92 Å². The van der Waals surface area contributed by atoms with E-state index in [9.17, 15) is 4.79 Å². The molecule has 2 rings (SSSR count). The van der Waals surface area contributed by atoms with Crippen molar-refractivity contribution in [1.82, 2.24) is 4.90 Å². The van der Waals surface area contributed by atoms with Gasteiger partial charge in [-0.3, -0.25) is 4.79 Å². The van der Waals surface area contributed by atoms with Gasteiger partial charge >= 0.3 is 0 Å². The second kappa shape index (κ2) is 3.27. The van der Waals surface area contributed by atoms with Crippen molar-refractivity contribution in [2.75, 3.05) is 13.1 Å². The molecule has 14 heavy (non-hydrogen) atoms. The Kier molecular flexibility index (Phi) is 2.22. The van der Waals surface area contributed by atoms with Gasteiger partial charge in [-0.2, -0.15) is 5.26 Å². The number of carbonyl (C=O) groups is 1. The van der Waals surface area contributed by atoms with Crippen molar-refractivity contribution in [2.24, 2.45) is 11.3 Å². The third-order valence-electron chi connectivity index (χ3n) is 3.81. The molecule has 1 heterocycles. The van der Waals surface area contributed by atoms with E-state index in [1.165, 1.54) is 0 Å². The van der Waals surface area contributed by atoms with Crippen LogP contribution in [0.5, 0.6) is 0 Å². The van der Waals surface area contributed by atoms with Gasteiger partial charge in [-0.1, -0.05) is 0 Å². The predicted molar refractivity (Wildman–Crippen MR) is 52.3 cm³/mol. The van der Waals surface area contributed by atoms with Gasteiger partial charge in [0.2, 0.25) is 5.91 Å². The zero-order valence-electron chi connectivity index (χ0n) is 8.62. The largest absolute Gasteiger partial charge is 0.343 e. The summed E-state index contributed by atoms with van der Waals surface area (Å²) in [5.41, 5.74) is 0.423. The third-order valence-corrected chi connectivity index (χ3v) is 3.81. The summed E-state index contributed by atoms with van der Waals surface area (Å²) in [4.78, 5) is 13.0. The number of piperidine rings is 1. The molecule has 3 heteroatoms.